The molecule has 0 aliphatic carbocycles. The van der Waals surface area contributed by atoms with E-state index in [1.807, 2.05) is 135 Å². The van der Waals surface area contributed by atoms with Gasteiger partial charge in [0.15, 0.2) is 12.6 Å². The number of rotatable bonds is 26. The number of esters is 1. The lowest BCUT2D eigenvalue weighted by Crippen LogP contribution is -2.56. The van der Waals surface area contributed by atoms with Crippen LogP contribution in [0.25, 0.3) is 32.7 Å². The number of unbranched alkanes of at least 4 members (excludes halogenated alkanes) is 1. The molecule has 0 radical (unpaired) electrons. The summed E-state index contributed by atoms with van der Waals surface area (Å²) >= 11 is 0. The maximum Gasteiger partial charge on any atom is 0.328 e. The molecule has 0 aliphatic heterocycles. The predicted octanol–water partition coefficient (Wildman–Crippen LogP) is 7.93. The first-order valence-electron chi connectivity index (χ1n) is 23.7. The highest BCUT2D eigenvalue weighted by Gasteiger charge is 2.31. The maximum absolute atomic E-state index is 14.2. The number of carbonyl (C=O) groups excluding carboxylic acids is 4. The van der Waals surface area contributed by atoms with Crippen molar-refractivity contribution in [3.8, 4) is 22.6 Å². The summed E-state index contributed by atoms with van der Waals surface area (Å²) in [7, 11) is 0. The van der Waals surface area contributed by atoms with Crippen LogP contribution in [0.2, 0.25) is 0 Å². The fourth-order valence-corrected chi connectivity index (χ4v) is 8.16. The van der Waals surface area contributed by atoms with E-state index in [1.165, 1.54) is 0 Å². The number of aliphatic imine (C=N–C) groups is 1. The molecular weight excluding hydrogens is 942 g/mol. The summed E-state index contributed by atoms with van der Waals surface area (Å²) in [4.78, 5) is 59.7. The number of hydrogen-bond acceptors (Lipinski definition) is 9. The van der Waals surface area contributed by atoms with Gasteiger partial charge in [-0.3, -0.25) is 19.4 Å². The summed E-state index contributed by atoms with van der Waals surface area (Å²) < 4.78 is 18.6. The number of guanidine groups is 1. The topological polar surface area (TPSA) is 222 Å². The molecule has 0 aliphatic rings. The van der Waals surface area contributed by atoms with Gasteiger partial charge in [0.2, 0.25) is 11.8 Å². The summed E-state index contributed by atoms with van der Waals surface area (Å²) in [6.45, 7) is 4.49. The minimum Gasteiger partial charge on any atom is -0.493 e. The Morgan fingerprint density at radius 2 is 1.11 bits per heavy atom. The van der Waals surface area contributed by atoms with Crippen LogP contribution in [0.5, 0.6) is 11.5 Å². The number of nitrogens with one attached hydrogen (secondary N) is 3. The van der Waals surface area contributed by atoms with Crippen molar-refractivity contribution in [1.29, 1.82) is 0 Å². The van der Waals surface area contributed by atoms with Crippen LogP contribution < -0.4 is 42.6 Å². The molecule has 14 nitrogen and oxygen atoms in total. The molecule has 3 atom stereocenters. The SMILES string of the molecule is CC(C)C[C@H](NC(=O)[C@@H](CCCN=C(N)N)NC(=O)[C@@H](CCCCN)NC(=O)COc1ccc2ccccc2c1-c1c(OCCc2ccccc2)ccc2ccccc12)C(=O)OCc1ccccc1.Cl.Cl. The van der Waals surface area contributed by atoms with E-state index in [9.17, 15) is 19.2 Å². The second-order valence-corrected chi connectivity index (χ2v) is 17.4. The third kappa shape index (κ3) is 17.2. The van der Waals surface area contributed by atoms with Gasteiger partial charge in [-0.25, -0.2) is 4.79 Å². The molecule has 0 spiro atoms. The fourth-order valence-electron chi connectivity index (χ4n) is 8.16. The molecule has 0 saturated carbocycles. The van der Waals surface area contributed by atoms with E-state index in [4.69, 9.17) is 31.4 Å². The number of ether oxygens (including phenoxy) is 3. The quantitative estimate of drug-likeness (QED) is 0.0133. The Hall–Kier alpha value is -6.87. The molecule has 378 valence electrons. The molecule has 6 rings (SSSR count). The van der Waals surface area contributed by atoms with Crippen molar-refractivity contribution in [2.75, 3.05) is 26.3 Å². The van der Waals surface area contributed by atoms with Gasteiger partial charge in [-0.2, -0.15) is 0 Å². The Balaban J connectivity index is 0.00000548. The van der Waals surface area contributed by atoms with Crippen molar-refractivity contribution >= 4 is 76.0 Å². The van der Waals surface area contributed by atoms with Crippen LogP contribution in [-0.2, 0) is 36.9 Å². The predicted molar refractivity (Wildman–Crippen MR) is 287 cm³/mol. The first-order valence-corrected chi connectivity index (χ1v) is 23.7. The van der Waals surface area contributed by atoms with Gasteiger partial charge in [-0.05, 0) is 95.8 Å². The van der Waals surface area contributed by atoms with Crippen molar-refractivity contribution in [2.24, 2.45) is 28.1 Å². The Labute approximate surface area is 428 Å². The number of nitrogens with two attached hydrogens (primary N) is 3. The second kappa shape index (κ2) is 29.3. The summed E-state index contributed by atoms with van der Waals surface area (Å²) in [6.07, 6.45) is 2.81. The Bertz CT molecular complexity index is 2670. The minimum absolute atomic E-state index is 0. The number of nitrogens with zero attached hydrogens (tertiary/aromatic N) is 1. The summed E-state index contributed by atoms with van der Waals surface area (Å²) in [5.74, 6) is -1.29. The van der Waals surface area contributed by atoms with E-state index in [0.717, 1.165) is 43.8 Å². The largest absolute Gasteiger partial charge is 0.493 e. The highest BCUT2D eigenvalue weighted by molar-refractivity contribution is 6.10. The maximum atomic E-state index is 14.2. The fraction of sp³-hybridized carbons (Fsp3) is 0.327. The molecular formula is C55H67Cl2N7O7. The lowest BCUT2D eigenvalue weighted by molar-refractivity contribution is -0.150. The molecule has 9 N–H and O–H groups in total. The molecule has 3 amide bonds. The third-order valence-corrected chi connectivity index (χ3v) is 11.6. The first-order chi connectivity index (χ1) is 33.5. The van der Waals surface area contributed by atoms with Crippen LogP contribution in [0, 0.1) is 5.92 Å². The lowest BCUT2D eigenvalue weighted by atomic mass is 9.92. The van der Waals surface area contributed by atoms with Gasteiger partial charge in [0.05, 0.1) is 6.61 Å². The van der Waals surface area contributed by atoms with E-state index in [-0.39, 0.29) is 62.7 Å². The number of amides is 3. The van der Waals surface area contributed by atoms with E-state index < -0.39 is 48.4 Å². The van der Waals surface area contributed by atoms with Crippen molar-refractivity contribution in [2.45, 2.75) is 83.5 Å². The average Bonchev–Trinajstić information content (AvgIpc) is 3.35. The van der Waals surface area contributed by atoms with Gasteiger partial charge in [-0.1, -0.05) is 135 Å². The highest BCUT2D eigenvalue weighted by Crippen LogP contribution is 2.45. The van der Waals surface area contributed by atoms with Gasteiger partial charge in [0.25, 0.3) is 5.91 Å². The smallest absolute Gasteiger partial charge is 0.328 e. The van der Waals surface area contributed by atoms with Gasteiger partial charge in [-0.15, -0.1) is 24.8 Å². The van der Waals surface area contributed by atoms with Crippen LogP contribution in [-0.4, -0.2) is 74.1 Å². The van der Waals surface area contributed by atoms with Crippen LogP contribution >= 0.6 is 24.8 Å². The lowest BCUT2D eigenvalue weighted by Gasteiger charge is -2.26. The van der Waals surface area contributed by atoms with E-state index in [0.29, 0.717) is 56.8 Å². The van der Waals surface area contributed by atoms with Crippen LogP contribution in [0.3, 0.4) is 0 Å². The normalized spacial score (nSPS) is 12.1. The van der Waals surface area contributed by atoms with E-state index >= 15 is 0 Å². The molecule has 0 aromatic heterocycles. The molecule has 0 heterocycles. The highest BCUT2D eigenvalue weighted by atomic mass is 35.5. The number of fused-ring (bicyclic) bond motifs is 2. The number of hydrogen-bond donors (Lipinski definition) is 6. The van der Waals surface area contributed by atoms with Gasteiger partial charge < -0.3 is 47.4 Å². The standard InChI is InChI=1S/C55H65N7O7.2ClH/c1-37(2)34-46(54(66)69-35-39-18-7-4-8-19-39)62-53(65)45(25-15-32-59-55(57)58)61-52(64)44(24-13-14-31-56)60-49(63)36-68-48-29-27-41-21-10-12-23-43(41)51(48)50-42-22-11-9-20-40(42)26-28-47(50)67-33-30-38-16-5-3-6-17-38;;/h3-12,16-23,26-29,37,44-46H,13-15,24-25,30-36,56H2,1-2H3,(H,60,63)(H,61,64)(H,62,65)(H4,57,58,59);2*1H/t44-,45-,46+;;/m1../s1. The summed E-state index contributed by atoms with van der Waals surface area (Å²) in [5.41, 5.74) is 20.5. The molecule has 16 heteroatoms. The summed E-state index contributed by atoms with van der Waals surface area (Å²) in [5, 5.41) is 12.4. The van der Waals surface area contributed by atoms with Gasteiger partial charge >= 0.3 is 5.97 Å². The zero-order valence-electron chi connectivity index (χ0n) is 40.3. The average molecular weight is 1010 g/mol. The van der Waals surface area contributed by atoms with E-state index in [2.05, 4.69) is 33.1 Å². The Kier molecular flexibility index (Phi) is 23.4. The van der Waals surface area contributed by atoms with Crippen LogP contribution in [0.4, 0.5) is 0 Å². The third-order valence-electron chi connectivity index (χ3n) is 11.6. The van der Waals surface area contributed by atoms with Crippen molar-refractivity contribution in [3.63, 3.8) is 0 Å². The molecule has 6 aromatic rings. The molecule has 0 fully saturated rings. The monoisotopic (exact) mass is 1010 g/mol. The van der Waals surface area contributed by atoms with E-state index in [1.54, 1.807) is 0 Å². The van der Waals surface area contributed by atoms with Gasteiger partial charge in [0, 0.05) is 24.1 Å². The number of carbonyl (C=O) groups is 4. The Morgan fingerprint density at radius 1 is 0.592 bits per heavy atom. The minimum atomic E-state index is -1.11. The van der Waals surface area contributed by atoms with Crippen molar-refractivity contribution in [3.05, 3.63) is 145 Å². The summed E-state index contributed by atoms with van der Waals surface area (Å²) in [6, 6.07) is 40.1. The number of halogens is 2. The zero-order chi connectivity index (χ0) is 49.0. The second-order valence-electron chi connectivity index (χ2n) is 17.4. The van der Waals surface area contributed by atoms with Crippen molar-refractivity contribution < 1.29 is 33.4 Å². The number of benzene rings is 6. The first kappa shape index (κ1) is 56.7. The molecule has 0 saturated heterocycles. The molecule has 71 heavy (non-hydrogen) atoms. The zero-order valence-corrected chi connectivity index (χ0v) is 42.0. The van der Waals surface area contributed by atoms with Crippen molar-refractivity contribution in [1.82, 2.24) is 16.0 Å². The molecule has 0 bridgehead atoms. The van der Waals surface area contributed by atoms with Crippen LogP contribution in [0.15, 0.2) is 138 Å². The Morgan fingerprint density at radius 3 is 1.69 bits per heavy atom. The van der Waals surface area contributed by atoms with Crippen LogP contribution in [0.1, 0.15) is 63.5 Å². The van der Waals surface area contributed by atoms with Gasteiger partial charge in [0.1, 0.15) is 36.2 Å². The molecule has 6 aromatic carbocycles. The molecule has 0 unspecified atom stereocenters.